The summed E-state index contributed by atoms with van der Waals surface area (Å²) in [6.07, 6.45) is -0.859. The smallest absolute Gasteiger partial charge is 0.409 e. The van der Waals surface area contributed by atoms with Crippen LogP contribution in [0.15, 0.2) is 30.3 Å². The summed E-state index contributed by atoms with van der Waals surface area (Å²) in [4.78, 5) is 13.0. The average molecular weight is 327 g/mol. The van der Waals surface area contributed by atoms with Gasteiger partial charge in [-0.05, 0) is 23.7 Å². The van der Waals surface area contributed by atoms with Gasteiger partial charge >= 0.3 is 6.09 Å². The third-order valence-electron chi connectivity index (χ3n) is 4.01. The number of likely N-dealkylation sites (N-methyl/N-ethyl adjacent to an activating group) is 1. The molecule has 4 nitrogen and oxygen atoms in total. The molecule has 1 amide bonds. The van der Waals surface area contributed by atoms with Gasteiger partial charge in [0.05, 0.1) is 6.61 Å². The first-order valence-electron chi connectivity index (χ1n) is 8.97. The lowest BCUT2D eigenvalue weighted by Gasteiger charge is -2.36. The summed E-state index contributed by atoms with van der Waals surface area (Å²) in [5, 5.41) is 0.0195. The van der Waals surface area contributed by atoms with Crippen molar-refractivity contribution in [3.8, 4) is 0 Å². The number of carbonyl (C=O) groups is 1. The molecule has 0 fully saturated rings. The number of ether oxygens (including phenoxy) is 1. The van der Waals surface area contributed by atoms with Crippen LogP contribution in [0.3, 0.4) is 0 Å². The zero-order valence-electron chi connectivity index (χ0n) is 17.2. The highest BCUT2D eigenvalue weighted by molar-refractivity contribution is 6.74. The summed E-state index contributed by atoms with van der Waals surface area (Å²) in [6, 6.07) is 9.15. The van der Waals surface area contributed by atoms with E-state index in [4.69, 9.17) is 13.3 Å². The van der Waals surface area contributed by atoms with Crippen LogP contribution in [-0.2, 0) is 15.8 Å². The second-order valence-electron chi connectivity index (χ2n) is 6.80. The highest BCUT2D eigenvalue weighted by Gasteiger charge is 2.37. The van der Waals surface area contributed by atoms with E-state index in [0.29, 0.717) is 0 Å². The normalized spacial score (nSPS) is 14.7. The van der Waals surface area contributed by atoms with Gasteiger partial charge in [0.15, 0.2) is 8.32 Å². The van der Waals surface area contributed by atoms with Gasteiger partial charge in [-0.3, -0.25) is 0 Å². The average Bonchev–Trinajstić information content (AvgIpc) is 2.48. The standard InChI is InChI=1S/C17H29NO3Si/c1-17(2,3)22(5,6)21-13-12-18(4)16(19)20-14-15-10-8-7-9-11-15/h7-11H,12-14H2,1-6H3/i4D3. The molecule has 1 rings (SSSR count). The Morgan fingerprint density at radius 2 is 1.91 bits per heavy atom. The lowest BCUT2D eigenvalue weighted by molar-refractivity contribution is 0.0985. The molecule has 0 aliphatic heterocycles. The summed E-state index contributed by atoms with van der Waals surface area (Å²) in [6.45, 7) is 8.10. The molecular formula is C17H29NO3Si. The van der Waals surface area contributed by atoms with Crippen molar-refractivity contribution in [3.05, 3.63) is 35.9 Å². The van der Waals surface area contributed by atoms with E-state index in [9.17, 15) is 4.79 Å². The van der Waals surface area contributed by atoms with E-state index in [0.717, 1.165) is 10.5 Å². The molecule has 0 aliphatic rings. The van der Waals surface area contributed by atoms with Crippen LogP contribution in [0.4, 0.5) is 4.79 Å². The molecule has 0 radical (unpaired) electrons. The number of carbonyl (C=O) groups excluding carboxylic acids is 1. The van der Waals surface area contributed by atoms with Crippen LogP contribution < -0.4 is 0 Å². The molecule has 0 bridgehead atoms. The first kappa shape index (κ1) is 14.3. The number of rotatable bonds is 6. The SMILES string of the molecule is [2H]C([2H])([2H])N(CCO[Si](C)(C)C(C)(C)C)C(=O)OCc1ccccc1. The Bertz CT molecular complexity index is 556. The zero-order valence-corrected chi connectivity index (χ0v) is 15.2. The van der Waals surface area contributed by atoms with Crippen molar-refractivity contribution in [1.29, 1.82) is 0 Å². The Kier molecular flexibility index (Phi) is 5.05. The minimum Gasteiger partial charge on any atom is -0.445 e. The largest absolute Gasteiger partial charge is 0.445 e. The molecule has 5 heteroatoms. The Labute approximate surface area is 139 Å². The summed E-state index contributed by atoms with van der Waals surface area (Å²) in [7, 11) is -2.00. The summed E-state index contributed by atoms with van der Waals surface area (Å²) >= 11 is 0. The topological polar surface area (TPSA) is 38.8 Å². The molecule has 22 heavy (non-hydrogen) atoms. The molecule has 0 saturated carbocycles. The van der Waals surface area contributed by atoms with Crippen molar-refractivity contribution < 1.29 is 18.1 Å². The molecule has 0 heterocycles. The summed E-state index contributed by atoms with van der Waals surface area (Å²) < 4.78 is 33.8. The van der Waals surface area contributed by atoms with E-state index in [1.165, 1.54) is 0 Å². The van der Waals surface area contributed by atoms with Crippen LogP contribution in [0.5, 0.6) is 0 Å². The second-order valence-corrected chi connectivity index (χ2v) is 11.6. The van der Waals surface area contributed by atoms with Crippen LogP contribution in [0.25, 0.3) is 0 Å². The minimum absolute atomic E-state index is 0.0195. The van der Waals surface area contributed by atoms with Gasteiger partial charge in [-0.2, -0.15) is 0 Å². The number of hydrogen-bond acceptors (Lipinski definition) is 3. The maximum Gasteiger partial charge on any atom is 0.409 e. The van der Waals surface area contributed by atoms with Gasteiger partial charge in [0.2, 0.25) is 0 Å². The molecule has 1 aromatic carbocycles. The van der Waals surface area contributed by atoms with Crippen LogP contribution in [0.2, 0.25) is 18.1 Å². The maximum atomic E-state index is 12.2. The van der Waals surface area contributed by atoms with E-state index in [1.807, 2.05) is 30.3 Å². The first-order chi connectivity index (χ1) is 11.3. The van der Waals surface area contributed by atoms with Crippen molar-refractivity contribution in [3.63, 3.8) is 0 Å². The summed E-state index contributed by atoms with van der Waals surface area (Å²) in [5.41, 5.74) is 0.805. The molecule has 0 aromatic heterocycles. The van der Waals surface area contributed by atoms with Crippen molar-refractivity contribution in [2.45, 2.75) is 45.5 Å². The van der Waals surface area contributed by atoms with Crippen LogP contribution >= 0.6 is 0 Å². The highest BCUT2D eigenvalue weighted by Crippen LogP contribution is 2.36. The van der Waals surface area contributed by atoms with E-state index in [-0.39, 0.29) is 24.8 Å². The predicted octanol–water partition coefficient (Wildman–Crippen LogP) is 4.28. The molecule has 0 unspecified atom stereocenters. The van der Waals surface area contributed by atoms with Gasteiger partial charge < -0.3 is 14.1 Å². The van der Waals surface area contributed by atoms with E-state index in [2.05, 4.69) is 33.9 Å². The number of hydrogen-bond donors (Lipinski definition) is 0. The first-order valence-corrected chi connectivity index (χ1v) is 10.4. The molecule has 124 valence electrons. The highest BCUT2D eigenvalue weighted by atomic mass is 28.4. The monoisotopic (exact) mass is 326 g/mol. The van der Waals surface area contributed by atoms with Gasteiger partial charge in [0.25, 0.3) is 0 Å². The lowest BCUT2D eigenvalue weighted by Crippen LogP contribution is -2.43. The molecule has 0 spiro atoms. The van der Waals surface area contributed by atoms with Gasteiger partial charge in [0.1, 0.15) is 6.61 Å². The van der Waals surface area contributed by atoms with Crippen molar-refractivity contribution >= 4 is 14.4 Å². The third kappa shape index (κ3) is 5.81. The van der Waals surface area contributed by atoms with Crippen LogP contribution in [0, 0.1) is 0 Å². The Morgan fingerprint density at radius 3 is 2.45 bits per heavy atom. The second kappa shape index (κ2) is 7.79. The molecule has 0 saturated heterocycles. The number of nitrogens with zero attached hydrogens (tertiary/aromatic N) is 1. The van der Waals surface area contributed by atoms with Crippen molar-refractivity contribution in [2.75, 3.05) is 20.1 Å². The maximum absolute atomic E-state index is 12.2. The third-order valence-corrected chi connectivity index (χ3v) is 8.55. The van der Waals surface area contributed by atoms with E-state index in [1.54, 1.807) is 0 Å². The summed E-state index contributed by atoms with van der Waals surface area (Å²) in [5.74, 6) is 0. The Balaban J connectivity index is 2.64. The van der Waals surface area contributed by atoms with Gasteiger partial charge in [-0.15, -0.1) is 0 Å². The van der Waals surface area contributed by atoms with Gasteiger partial charge in [0, 0.05) is 17.6 Å². The molecule has 1 aromatic rings. The fourth-order valence-corrected chi connectivity index (χ4v) is 2.53. The number of benzene rings is 1. The van der Waals surface area contributed by atoms with Crippen molar-refractivity contribution in [2.24, 2.45) is 0 Å². The molecule has 0 atom stereocenters. The quantitative estimate of drug-likeness (QED) is 0.733. The van der Waals surface area contributed by atoms with Crippen LogP contribution in [-0.4, -0.2) is 39.4 Å². The zero-order chi connectivity index (χ0) is 19.3. The number of amides is 1. The minimum atomic E-state index is -2.56. The van der Waals surface area contributed by atoms with Gasteiger partial charge in [-0.25, -0.2) is 4.79 Å². The Hall–Kier alpha value is -1.33. The Morgan fingerprint density at radius 1 is 1.27 bits per heavy atom. The molecule has 0 aliphatic carbocycles. The van der Waals surface area contributed by atoms with Gasteiger partial charge in [-0.1, -0.05) is 51.1 Å². The van der Waals surface area contributed by atoms with Crippen LogP contribution in [0.1, 0.15) is 30.4 Å². The van der Waals surface area contributed by atoms with E-state index >= 15 is 0 Å². The fourth-order valence-electron chi connectivity index (χ4n) is 1.50. The lowest BCUT2D eigenvalue weighted by atomic mass is 10.2. The molecular weight excluding hydrogens is 294 g/mol. The fraction of sp³-hybridized carbons (Fsp3) is 0.588. The van der Waals surface area contributed by atoms with Crippen molar-refractivity contribution in [1.82, 2.24) is 4.90 Å². The van der Waals surface area contributed by atoms with E-state index < -0.39 is 21.4 Å². The molecule has 0 N–H and O–H groups in total. The predicted molar refractivity (Wildman–Crippen MR) is 92.4 cm³/mol.